The third-order valence-corrected chi connectivity index (χ3v) is 8.10. The molecule has 0 aromatic heterocycles. The van der Waals surface area contributed by atoms with Crippen LogP contribution in [-0.2, 0) is 9.31 Å². The van der Waals surface area contributed by atoms with Crippen LogP contribution in [0.3, 0.4) is 0 Å². The average Bonchev–Trinajstić information content (AvgIpc) is 3.54. The number of rotatable bonds is 3. The van der Waals surface area contributed by atoms with Crippen molar-refractivity contribution in [3.05, 3.63) is 127 Å². The summed E-state index contributed by atoms with van der Waals surface area (Å²) in [5, 5.41) is 9.83. The molecule has 3 heteroatoms. The number of hydrogen-bond acceptors (Lipinski definition) is 2. The predicted octanol–water partition coefficient (Wildman–Crippen LogP) is 8.38. The van der Waals surface area contributed by atoms with E-state index in [1.165, 1.54) is 65.3 Å². The van der Waals surface area contributed by atoms with Gasteiger partial charge in [0.15, 0.2) is 0 Å². The highest BCUT2D eigenvalue weighted by Gasteiger charge is 2.31. The smallest absolute Gasteiger partial charge is 0.405 e. The molecular weight excluding hydrogens is 475 g/mol. The molecule has 1 heterocycles. The van der Waals surface area contributed by atoms with Crippen LogP contribution in [0.15, 0.2) is 127 Å². The fourth-order valence-electron chi connectivity index (χ4n) is 6.44. The second-order valence-corrected chi connectivity index (χ2v) is 10.2. The molecule has 0 N–H and O–H groups in total. The Balaban J connectivity index is 1.47. The summed E-state index contributed by atoms with van der Waals surface area (Å²) in [4.78, 5) is 0. The molecule has 8 rings (SSSR count). The minimum atomic E-state index is -0.348. The Labute approximate surface area is 227 Å². The van der Waals surface area contributed by atoms with Gasteiger partial charge in [0, 0.05) is 0 Å². The SMILES string of the molecule is c1ccc2c(-c3ccc(-c4c5ccccc5c(B5OCCO5)c5ccccc45)c4ccccc34)cccc2c1. The molecule has 0 spiro atoms. The number of benzene rings is 7. The zero-order chi connectivity index (χ0) is 25.8. The van der Waals surface area contributed by atoms with Gasteiger partial charge in [-0.15, -0.1) is 0 Å². The molecule has 7 aromatic rings. The van der Waals surface area contributed by atoms with Gasteiger partial charge in [-0.25, -0.2) is 0 Å². The first-order chi connectivity index (χ1) is 19.4. The molecule has 0 atom stereocenters. The van der Waals surface area contributed by atoms with Crippen LogP contribution in [0, 0.1) is 0 Å². The fraction of sp³-hybridized carbons (Fsp3) is 0.0556. The second-order valence-electron chi connectivity index (χ2n) is 10.2. The van der Waals surface area contributed by atoms with Crippen molar-refractivity contribution in [1.29, 1.82) is 0 Å². The van der Waals surface area contributed by atoms with Crippen LogP contribution in [0.2, 0.25) is 0 Å². The Morgan fingerprint density at radius 2 is 0.846 bits per heavy atom. The van der Waals surface area contributed by atoms with E-state index >= 15 is 0 Å². The molecule has 7 aromatic carbocycles. The van der Waals surface area contributed by atoms with E-state index < -0.39 is 0 Å². The highest BCUT2D eigenvalue weighted by molar-refractivity contribution is 6.68. The van der Waals surface area contributed by atoms with Gasteiger partial charge in [-0.1, -0.05) is 127 Å². The zero-order valence-electron chi connectivity index (χ0n) is 21.4. The van der Waals surface area contributed by atoms with Crippen molar-refractivity contribution in [2.45, 2.75) is 0 Å². The summed E-state index contributed by atoms with van der Waals surface area (Å²) in [6.45, 7) is 1.24. The van der Waals surface area contributed by atoms with E-state index in [-0.39, 0.29) is 7.12 Å². The molecule has 0 bridgehead atoms. The van der Waals surface area contributed by atoms with Gasteiger partial charge in [-0.05, 0) is 70.8 Å². The number of fused-ring (bicyclic) bond motifs is 4. The maximum absolute atomic E-state index is 6.05. The van der Waals surface area contributed by atoms with E-state index in [4.69, 9.17) is 9.31 Å². The summed E-state index contributed by atoms with van der Waals surface area (Å²) in [7, 11) is -0.348. The predicted molar refractivity (Wildman–Crippen MR) is 165 cm³/mol. The van der Waals surface area contributed by atoms with Gasteiger partial charge in [0.1, 0.15) is 0 Å². The highest BCUT2D eigenvalue weighted by Crippen LogP contribution is 2.42. The summed E-state index contributed by atoms with van der Waals surface area (Å²) in [5.41, 5.74) is 6.13. The monoisotopic (exact) mass is 500 g/mol. The fourth-order valence-corrected chi connectivity index (χ4v) is 6.44. The minimum Gasteiger partial charge on any atom is -0.405 e. The van der Waals surface area contributed by atoms with Gasteiger partial charge in [0.25, 0.3) is 0 Å². The third-order valence-electron chi connectivity index (χ3n) is 8.10. The van der Waals surface area contributed by atoms with Crippen LogP contribution in [0.5, 0.6) is 0 Å². The van der Waals surface area contributed by atoms with E-state index in [9.17, 15) is 0 Å². The van der Waals surface area contributed by atoms with E-state index in [0.717, 1.165) is 5.46 Å². The molecule has 0 unspecified atom stereocenters. The van der Waals surface area contributed by atoms with Gasteiger partial charge < -0.3 is 9.31 Å². The first-order valence-electron chi connectivity index (χ1n) is 13.6. The van der Waals surface area contributed by atoms with Gasteiger partial charge in [0.2, 0.25) is 0 Å². The van der Waals surface area contributed by atoms with Crippen molar-refractivity contribution in [3.63, 3.8) is 0 Å². The normalized spacial score (nSPS) is 13.7. The maximum atomic E-state index is 6.05. The molecule has 2 nitrogen and oxygen atoms in total. The quantitative estimate of drug-likeness (QED) is 0.179. The van der Waals surface area contributed by atoms with E-state index in [1.54, 1.807) is 0 Å². The van der Waals surface area contributed by atoms with Crippen LogP contribution in [-0.4, -0.2) is 20.3 Å². The van der Waals surface area contributed by atoms with Crippen LogP contribution in [0.1, 0.15) is 0 Å². The minimum absolute atomic E-state index is 0.348. The third kappa shape index (κ3) is 3.51. The Bertz CT molecular complexity index is 1980. The lowest BCUT2D eigenvalue weighted by molar-refractivity contribution is 0.365. The first-order valence-corrected chi connectivity index (χ1v) is 13.6. The van der Waals surface area contributed by atoms with E-state index in [2.05, 4.69) is 127 Å². The Morgan fingerprint density at radius 3 is 1.51 bits per heavy atom. The molecule has 1 aliphatic rings. The van der Waals surface area contributed by atoms with E-state index in [0.29, 0.717) is 13.2 Å². The molecule has 0 amide bonds. The van der Waals surface area contributed by atoms with Crippen molar-refractivity contribution in [1.82, 2.24) is 0 Å². The first kappa shape index (κ1) is 22.5. The lowest BCUT2D eigenvalue weighted by Gasteiger charge is -2.20. The molecule has 0 aliphatic carbocycles. The average molecular weight is 500 g/mol. The standard InChI is InChI=1S/C36H25BO2/c1-2-12-25-24(10-1)11-9-19-26(25)29-20-21-32(28-14-4-3-13-27(28)29)35-30-15-5-7-17-33(30)36(37-38-22-23-39-37)34-18-8-6-16-31(34)35/h1-21H,22-23H2. The molecule has 1 saturated heterocycles. The molecular formula is C36H25BO2. The van der Waals surface area contributed by atoms with Gasteiger partial charge >= 0.3 is 7.12 Å². The summed E-state index contributed by atoms with van der Waals surface area (Å²) >= 11 is 0. The van der Waals surface area contributed by atoms with Crippen molar-refractivity contribution in [2.24, 2.45) is 0 Å². The van der Waals surface area contributed by atoms with Gasteiger partial charge in [-0.3, -0.25) is 0 Å². The molecule has 184 valence electrons. The Morgan fingerprint density at radius 1 is 0.385 bits per heavy atom. The summed E-state index contributed by atoms with van der Waals surface area (Å²) < 4.78 is 12.1. The lowest BCUT2D eigenvalue weighted by atomic mass is 9.71. The second kappa shape index (κ2) is 9.09. The summed E-state index contributed by atoms with van der Waals surface area (Å²) in [5.74, 6) is 0. The van der Waals surface area contributed by atoms with Crippen molar-refractivity contribution < 1.29 is 9.31 Å². The molecule has 1 fully saturated rings. The van der Waals surface area contributed by atoms with Crippen LogP contribution in [0.25, 0.3) is 65.3 Å². The molecule has 0 radical (unpaired) electrons. The van der Waals surface area contributed by atoms with Gasteiger partial charge in [0.05, 0.1) is 13.2 Å². The van der Waals surface area contributed by atoms with Crippen LogP contribution in [0.4, 0.5) is 0 Å². The van der Waals surface area contributed by atoms with E-state index in [1.807, 2.05) is 0 Å². The Kier molecular flexibility index (Phi) is 5.26. The van der Waals surface area contributed by atoms with Crippen molar-refractivity contribution in [3.8, 4) is 22.3 Å². The summed E-state index contributed by atoms with van der Waals surface area (Å²) in [6, 6.07) is 46.1. The highest BCUT2D eigenvalue weighted by atomic mass is 16.6. The number of hydrogen-bond donors (Lipinski definition) is 0. The molecule has 1 aliphatic heterocycles. The van der Waals surface area contributed by atoms with Crippen LogP contribution < -0.4 is 5.46 Å². The topological polar surface area (TPSA) is 18.5 Å². The summed E-state index contributed by atoms with van der Waals surface area (Å²) in [6.07, 6.45) is 0. The molecule has 39 heavy (non-hydrogen) atoms. The maximum Gasteiger partial charge on any atom is 0.495 e. The zero-order valence-corrected chi connectivity index (χ0v) is 21.4. The lowest BCUT2D eigenvalue weighted by Crippen LogP contribution is -2.33. The van der Waals surface area contributed by atoms with Crippen LogP contribution >= 0.6 is 0 Å². The Hall–Kier alpha value is -4.44. The van der Waals surface area contributed by atoms with Crippen molar-refractivity contribution in [2.75, 3.05) is 13.2 Å². The van der Waals surface area contributed by atoms with Crippen molar-refractivity contribution >= 4 is 55.7 Å². The molecule has 0 saturated carbocycles. The van der Waals surface area contributed by atoms with Gasteiger partial charge in [-0.2, -0.15) is 0 Å². The largest absolute Gasteiger partial charge is 0.495 e.